The molecule has 4 heteroatoms. The molecular weight excluding hydrogens is 228 g/mol. The van der Waals surface area contributed by atoms with Gasteiger partial charge in [-0.15, -0.1) is 0 Å². The van der Waals surface area contributed by atoms with Gasteiger partial charge in [-0.2, -0.15) is 5.26 Å². The van der Waals surface area contributed by atoms with Gasteiger partial charge in [0.1, 0.15) is 6.07 Å². The van der Waals surface area contributed by atoms with E-state index in [1.54, 1.807) is 18.2 Å². The number of rotatable bonds is 2. The molecule has 0 spiro atoms. The Hall–Kier alpha value is -2.80. The first kappa shape index (κ1) is 11.7. The number of nitriles is 1. The van der Waals surface area contributed by atoms with E-state index in [4.69, 9.17) is 16.1 Å². The molecule has 88 valence electrons. The summed E-state index contributed by atoms with van der Waals surface area (Å²) in [6.07, 6.45) is 0. The van der Waals surface area contributed by atoms with Gasteiger partial charge >= 0.3 is 5.97 Å². The zero-order valence-electron chi connectivity index (χ0n) is 9.42. The van der Waals surface area contributed by atoms with Gasteiger partial charge in [-0.05, 0) is 10.8 Å². The Balaban J connectivity index is 2.77. The second kappa shape index (κ2) is 4.60. The number of nitrogens with two attached hydrogens (primary N) is 1. The van der Waals surface area contributed by atoms with Gasteiger partial charge in [0.2, 0.25) is 0 Å². The van der Waals surface area contributed by atoms with Gasteiger partial charge in [-0.25, -0.2) is 4.79 Å². The van der Waals surface area contributed by atoms with Crippen molar-refractivity contribution in [3.05, 3.63) is 53.6 Å². The number of nitrogens with zero attached hydrogens (tertiary/aromatic N) is 1. The third-order valence-corrected chi connectivity index (χ3v) is 2.67. The fourth-order valence-electron chi connectivity index (χ4n) is 1.82. The molecule has 4 nitrogen and oxygen atoms in total. The van der Waals surface area contributed by atoms with Crippen molar-refractivity contribution in [2.45, 2.75) is 0 Å². The second-order valence-electron chi connectivity index (χ2n) is 3.73. The number of carboxylic acids is 1. The summed E-state index contributed by atoms with van der Waals surface area (Å²) in [7, 11) is 0. The lowest BCUT2D eigenvalue weighted by molar-refractivity contribution is -0.132. The lowest BCUT2D eigenvalue weighted by Crippen LogP contribution is -2.08. The molecule has 2 aromatic rings. The van der Waals surface area contributed by atoms with E-state index in [0.29, 0.717) is 5.56 Å². The average Bonchev–Trinajstić information content (AvgIpc) is 2.38. The maximum atomic E-state index is 10.9. The monoisotopic (exact) mass is 238 g/mol. The maximum Gasteiger partial charge on any atom is 0.348 e. The van der Waals surface area contributed by atoms with Crippen molar-refractivity contribution in [2.75, 3.05) is 0 Å². The molecule has 0 aliphatic carbocycles. The van der Waals surface area contributed by atoms with E-state index >= 15 is 0 Å². The Kier molecular flexibility index (Phi) is 2.98. The molecule has 0 saturated heterocycles. The molecule has 0 saturated carbocycles. The van der Waals surface area contributed by atoms with Crippen LogP contribution in [-0.4, -0.2) is 11.1 Å². The summed E-state index contributed by atoms with van der Waals surface area (Å²) >= 11 is 0. The molecule has 0 amide bonds. The Morgan fingerprint density at radius 3 is 2.50 bits per heavy atom. The summed E-state index contributed by atoms with van der Waals surface area (Å²) in [5, 5.41) is 19.5. The molecule has 0 aromatic heterocycles. The first-order valence-corrected chi connectivity index (χ1v) is 5.26. The Morgan fingerprint density at radius 2 is 1.83 bits per heavy atom. The van der Waals surface area contributed by atoms with Crippen LogP contribution >= 0.6 is 0 Å². The summed E-state index contributed by atoms with van der Waals surface area (Å²) in [6, 6.07) is 14.5. The highest BCUT2D eigenvalue weighted by Gasteiger charge is 2.14. The molecule has 0 heterocycles. The maximum absolute atomic E-state index is 10.9. The molecule has 3 N–H and O–H groups in total. The van der Waals surface area contributed by atoms with E-state index in [-0.39, 0.29) is 5.70 Å². The molecule has 0 atom stereocenters. The zero-order valence-corrected chi connectivity index (χ0v) is 9.42. The minimum absolute atomic E-state index is 0.0122. The number of hydrogen-bond acceptors (Lipinski definition) is 3. The van der Waals surface area contributed by atoms with Crippen LogP contribution in [0.25, 0.3) is 16.5 Å². The lowest BCUT2D eigenvalue weighted by atomic mass is 10.00. The van der Waals surface area contributed by atoms with E-state index in [1.165, 1.54) is 0 Å². The third-order valence-electron chi connectivity index (χ3n) is 2.67. The summed E-state index contributed by atoms with van der Waals surface area (Å²) in [4.78, 5) is 10.9. The molecule has 0 bridgehead atoms. The summed E-state index contributed by atoms with van der Waals surface area (Å²) in [5.41, 5.74) is 5.90. The summed E-state index contributed by atoms with van der Waals surface area (Å²) in [6.45, 7) is 0. The number of aliphatic carboxylic acids is 1. The molecule has 0 unspecified atom stereocenters. The fourth-order valence-corrected chi connectivity index (χ4v) is 1.82. The molecule has 2 rings (SSSR count). The first-order valence-electron chi connectivity index (χ1n) is 5.26. The quantitative estimate of drug-likeness (QED) is 0.619. The highest BCUT2D eigenvalue weighted by molar-refractivity contribution is 6.04. The van der Waals surface area contributed by atoms with Crippen LogP contribution in [0.2, 0.25) is 0 Å². The lowest BCUT2D eigenvalue weighted by Gasteiger charge is -2.07. The average molecular weight is 238 g/mol. The van der Waals surface area contributed by atoms with Crippen LogP contribution in [0.5, 0.6) is 0 Å². The van der Waals surface area contributed by atoms with Gasteiger partial charge in [-0.1, -0.05) is 42.5 Å². The molecule has 0 radical (unpaired) electrons. The van der Waals surface area contributed by atoms with Crippen molar-refractivity contribution in [3.63, 3.8) is 0 Å². The van der Waals surface area contributed by atoms with Crippen molar-refractivity contribution < 1.29 is 9.90 Å². The van der Waals surface area contributed by atoms with Gasteiger partial charge in [0, 0.05) is 5.56 Å². The van der Waals surface area contributed by atoms with Crippen molar-refractivity contribution in [2.24, 2.45) is 5.73 Å². The Bertz CT molecular complexity index is 691. The van der Waals surface area contributed by atoms with Crippen molar-refractivity contribution >= 4 is 22.4 Å². The van der Waals surface area contributed by atoms with Crippen LogP contribution in [0.1, 0.15) is 5.56 Å². The third kappa shape index (κ3) is 1.89. The van der Waals surface area contributed by atoms with Crippen LogP contribution in [0.15, 0.2) is 48.0 Å². The SMILES string of the molecule is N#CC(C(=O)O)=C(N)c1cccc2ccccc12. The highest BCUT2D eigenvalue weighted by Crippen LogP contribution is 2.24. The molecule has 0 aliphatic heterocycles. The number of carbonyl (C=O) groups is 1. The van der Waals surface area contributed by atoms with Gasteiger partial charge < -0.3 is 10.8 Å². The molecule has 2 aromatic carbocycles. The van der Waals surface area contributed by atoms with Gasteiger partial charge in [0.15, 0.2) is 5.57 Å². The Morgan fingerprint density at radius 1 is 1.17 bits per heavy atom. The standard InChI is InChI=1S/C14H10N2O2/c15-8-12(14(17)18)13(16)11-7-3-5-9-4-1-2-6-10(9)11/h1-7H,16H2,(H,17,18). The van der Waals surface area contributed by atoms with Crippen molar-refractivity contribution in [3.8, 4) is 6.07 Å². The predicted octanol–water partition coefficient (Wildman–Crippen LogP) is 2.12. The van der Waals surface area contributed by atoms with E-state index in [1.807, 2.05) is 30.3 Å². The molecule has 0 fully saturated rings. The number of carboxylic acid groups (broad SMARTS) is 1. The Labute approximate surface area is 104 Å². The zero-order chi connectivity index (χ0) is 13.1. The van der Waals surface area contributed by atoms with E-state index in [0.717, 1.165) is 10.8 Å². The van der Waals surface area contributed by atoms with E-state index < -0.39 is 11.5 Å². The van der Waals surface area contributed by atoms with Gasteiger partial charge in [0.25, 0.3) is 0 Å². The molecular formula is C14H10N2O2. The van der Waals surface area contributed by atoms with Gasteiger partial charge in [-0.3, -0.25) is 0 Å². The smallest absolute Gasteiger partial charge is 0.348 e. The number of benzene rings is 2. The van der Waals surface area contributed by atoms with Crippen molar-refractivity contribution in [1.29, 1.82) is 5.26 Å². The minimum atomic E-state index is -1.32. The van der Waals surface area contributed by atoms with Gasteiger partial charge in [0.05, 0.1) is 5.70 Å². The summed E-state index contributed by atoms with van der Waals surface area (Å²) in [5.74, 6) is -1.32. The normalized spacial score (nSPS) is 11.7. The number of fused-ring (bicyclic) bond motifs is 1. The highest BCUT2D eigenvalue weighted by atomic mass is 16.4. The topological polar surface area (TPSA) is 87.1 Å². The van der Waals surface area contributed by atoms with Crippen LogP contribution in [0.4, 0.5) is 0 Å². The van der Waals surface area contributed by atoms with E-state index in [9.17, 15) is 4.79 Å². The molecule has 18 heavy (non-hydrogen) atoms. The van der Waals surface area contributed by atoms with Crippen LogP contribution < -0.4 is 5.73 Å². The van der Waals surface area contributed by atoms with Crippen LogP contribution in [0, 0.1) is 11.3 Å². The van der Waals surface area contributed by atoms with Crippen molar-refractivity contribution in [1.82, 2.24) is 0 Å². The minimum Gasteiger partial charge on any atom is -0.477 e. The van der Waals surface area contributed by atoms with E-state index in [2.05, 4.69) is 0 Å². The fraction of sp³-hybridized carbons (Fsp3) is 0. The van der Waals surface area contributed by atoms with Crippen LogP contribution in [0.3, 0.4) is 0 Å². The summed E-state index contributed by atoms with van der Waals surface area (Å²) < 4.78 is 0. The molecule has 0 aliphatic rings. The predicted molar refractivity (Wildman–Crippen MR) is 68.3 cm³/mol. The largest absolute Gasteiger partial charge is 0.477 e. The van der Waals surface area contributed by atoms with Crippen LogP contribution in [-0.2, 0) is 4.79 Å². The number of hydrogen-bond donors (Lipinski definition) is 2. The first-order chi connectivity index (χ1) is 8.65. The second-order valence-corrected chi connectivity index (χ2v) is 3.73.